The largest absolute Gasteiger partial charge is 0.442 e. The average Bonchev–Trinajstić information content (AvgIpc) is 2.61. The molecule has 0 aliphatic rings. The summed E-state index contributed by atoms with van der Waals surface area (Å²) < 4.78 is 4.95. The quantitative estimate of drug-likeness (QED) is 0.475. The maximum absolute atomic E-state index is 12.7. The maximum atomic E-state index is 12.7. The van der Waals surface area contributed by atoms with Crippen molar-refractivity contribution in [2.24, 2.45) is 0 Å². The van der Waals surface area contributed by atoms with Crippen LogP contribution in [-0.2, 0) is 44.7 Å². The molecule has 0 unspecified atom stereocenters. The molecule has 10 nitrogen and oxygen atoms in total. The fraction of sp³-hybridized carbons (Fsp3) is 0.350. The standard InChI is InChI=1S/C20H21ClN2O8/c1-10-8-15(6-7-16(10)21)9-17(28)31-18(19(29)22(11(2)24)12(3)25)20(30)23(13(4)26)14(5)27/h6-8,18H,9H2,1-5H3. The molecule has 166 valence electrons. The van der Waals surface area contributed by atoms with E-state index in [4.69, 9.17) is 16.3 Å². The van der Waals surface area contributed by atoms with Gasteiger partial charge in [-0.25, -0.2) is 9.80 Å². The summed E-state index contributed by atoms with van der Waals surface area (Å²) in [6.45, 7) is 5.22. The Labute approximate surface area is 183 Å². The minimum Gasteiger partial charge on any atom is -0.442 e. The lowest BCUT2D eigenvalue weighted by molar-refractivity contribution is -0.173. The lowest BCUT2D eigenvalue weighted by atomic mass is 10.1. The predicted octanol–water partition coefficient (Wildman–Crippen LogP) is 0.946. The first-order chi connectivity index (χ1) is 14.3. The van der Waals surface area contributed by atoms with Crippen molar-refractivity contribution in [2.75, 3.05) is 0 Å². The normalized spacial score (nSPS) is 10.3. The smallest absolute Gasteiger partial charge is 0.311 e. The number of carbonyl (C=O) groups excluding carboxylic acids is 7. The predicted molar refractivity (Wildman–Crippen MR) is 106 cm³/mol. The van der Waals surface area contributed by atoms with Gasteiger partial charge in [0.25, 0.3) is 17.9 Å². The molecule has 0 aliphatic heterocycles. The Kier molecular flexibility index (Phi) is 8.75. The Balaban J connectivity index is 3.30. The van der Waals surface area contributed by atoms with Crippen LogP contribution >= 0.6 is 11.6 Å². The van der Waals surface area contributed by atoms with Crippen molar-refractivity contribution in [3.05, 3.63) is 34.3 Å². The molecule has 1 aromatic carbocycles. The van der Waals surface area contributed by atoms with Crippen molar-refractivity contribution in [1.82, 2.24) is 9.80 Å². The molecular formula is C20H21ClN2O8. The zero-order valence-corrected chi connectivity index (χ0v) is 18.3. The summed E-state index contributed by atoms with van der Waals surface area (Å²) in [5.41, 5.74) is 1.10. The Morgan fingerprint density at radius 2 is 1.26 bits per heavy atom. The number of hydrogen-bond donors (Lipinski definition) is 0. The third-order valence-electron chi connectivity index (χ3n) is 3.97. The molecule has 1 aromatic rings. The van der Waals surface area contributed by atoms with E-state index in [1.165, 1.54) is 12.1 Å². The molecule has 1 rings (SSSR count). The van der Waals surface area contributed by atoms with E-state index in [0.717, 1.165) is 27.7 Å². The van der Waals surface area contributed by atoms with E-state index in [1.807, 2.05) is 0 Å². The fourth-order valence-electron chi connectivity index (χ4n) is 2.66. The number of aryl methyl sites for hydroxylation is 1. The van der Waals surface area contributed by atoms with Crippen LogP contribution in [0.5, 0.6) is 0 Å². The summed E-state index contributed by atoms with van der Waals surface area (Å²) in [6.07, 6.45) is -2.79. The van der Waals surface area contributed by atoms with Crippen LogP contribution < -0.4 is 0 Å². The lowest BCUT2D eigenvalue weighted by Crippen LogP contribution is -2.55. The van der Waals surface area contributed by atoms with E-state index in [0.29, 0.717) is 16.1 Å². The fourth-order valence-corrected chi connectivity index (χ4v) is 2.78. The van der Waals surface area contributed by atoms with Gasteiger partial charge >= 0.3 is 5.97 Å². The van der Waals surface area contributed by atoms with E-state index in [-0.39, 0.29) is 9.80 Å². The Bertz CT molecular complexity index is 900. The molecule has 0 bridgehead atoms. The topological polar surface area (TPSA) is 135 Å². The second-order valence-corrected chi connectivity index (χ2v) is 6.96. The number of amides is 6. The first-order valence-electron chi connectivity index (χ1n) is 8.92. The molecule has 0 saturated heterocycles. The highest BCUT2D eigenvalue weighted by molar-refractivity contribution is 6.31. The Morgan fingerprint density at radius 1 is 0.839 bits per heavy atom. The molecule has 0 saturated carbocycles. The van der Waals surface area contributed by atoms with Crippen molar-refractivity contribution in [1.29, 1.82) is 0 Å². The molecule has 31 heavy (non-hydrogen) atoms. The Hall–Kier alpha value is -3.40. The lowest BCUT2D eigenvalue weighted by Gasteiger charge is -2.25. The second-order valence-electron chi connectivity index (χ2n) is 6.55. The first-order valence-corrected chi connectivity index (χ1v) is 9.30. The second kappa shape index (κ2) is 10.6. The number of halogens is 1. The third-order valence-corrected chi connectivity index (χ3v) is 4.39. The van der Waals surface area contributed by atoms with E-state index in [9.17, 15) is 33.6 Å². The summed E-state index contributed by atoms with van der Waals surface area (Å²) in [5, 5.41) is 0.456. The van der Waals surface area contributed by atoms with Gasteiger partial charge < -0.3 is 4.74 Å². The van der Waals surface area contributed by atoms with Gasteiger partial charge in [0.2, 0.25) is 23.6 Å². The summed E-state index contributed by atoms with van der Waals surface area (Å²) >= 11 is 5.93. The molecule has 0 heterocycles. The molecule has 0 spiro atoms. The van der Waals surface area contributed by atoms with Crippen molar-refractivity contribution in [2.45, 2.75) is 47.1 Å². The van der Waals surface area contributed by atoms with Crippen LogP contribution in [0.2, 0.25) is 5.02 Å². The number of imide groups is 6. The van der Waals surface area contributed by atoms with E-state index in [1.54, 1.807) is 13.0 Å². The minimum atomic E-state index is -2.40. The monoisotopic (exact) mass is 452 g/mol. The molecule has 0 aliphatic carbocycles. The zero-order chi connectivity index (χ0) is 24.0. The van der Waals surface area contributed by atoms with Crippen LogP contribution in [0, 0.1) is 6.92 Å². The van der Waals surface area contributed by atoms with Crippen LogP contribution in [0.3, 0.4) is 0 Å². The van der Waals surface area contributed by atoms with Crippen LogP contribution in [0.25, 0.3) is 0 Å². The van der Waals surface area contributed by atoms with Crippen molar-refractivity contribution in [3.8, 4) is 0 Å². The molecule has 0 atom stereocenters. The first kappa shape index (κ1) is 25.6. The molecule has 0 radical (unpaired) electrons. The highest BCUT2D eigenvalue weighted by Gasteiger charge is 2.42. The summed E-state index contributed by atoms with van der Waals surface area (Å²) in [4.78, 5) is 84.9. The van der Waals surface area contributed by atoms with E-state index in [2.05, 4.69) is 0 Å². The van der Waals surface area contributed by atoms with Gasteiger partial charge in [-0.2, -0.15) is 0 Å². The van der Waals surface area contributed by atoms with Gasteiger partial charge in [-0.1, -0.05) is 23.7 Å². The molecular weight excluding hydrogens is 432 g/mol. The molecule has 0 aromatic heterocycles. The van der Waals surface area contributed by atoms with Crippen molar-refractivity contribution < 1.29 is 38.3 Å². The summed E-state index contributed by atoms with van der Waals surface area (Å²) in [7, 11) is 0. The number of hydrogen-bond acceptors (Lipinski definition) is 8. The van der Waals surface area contributed by atoms with Crippen molar-refractivity contribution in [3.63, 3.8) is 0 Å². The zero-order valence-electron chi connectivity index (χ0n) is 17.6. The van der Waals surface area contributed by atoms with Gasteiger partial charge in [0.15, 0.2) is 0 Å². The van der Waals surface area contributed by atoms with Crippen LogP contribution in [0.15, 0.2) is 18.2 Å². The maximum Gasteiger partial charge on any atom is 0.311 e. The van der Waals surface area contributed by atoms with Gasteiger partial charge in [0.05, 0.1) is 6.42 Å². The highest BCUT2D eigenvalue weighted by atomic mass is 35.5. The van der Waals surface area contributed by atoms with Gasteiger partial charge in [-0.05, 0) is 24.1 Å². The number of nitrogens with zero attached hydrogens (tertiary/aromatic N) is 2. The SMILES string of the molecule is CC(=O)N(C(C)=O)C(=O)C(OC(=O)Cc1ccc(Cl)c(C)c1)C(=O)N(C(C)=O)C(C)=O. The van der Waals surface area contributed by atoms with E-state index >= 15 is 0 Å². The summed E-state index contributed by atoms with van der Waals surface area (Å²) in [5.74, 6) is -8.26. The molecule has 11 heteroatoms. The number of carbonyl (C=O) groups is 7. The molecule has 6 amide bonds. The van der Waals surface area contributed by atoms with Crippen LogP contribution in [-0.4, -0.2) is 57.3 Å². The molecule has 0 fully saturated rings. The number of rotatable bonds is 5. The molecule has 0 N–H and O–H groups in total. The van der Waals surface area contributed by atoms with Gasteiger partial charge in [0, 0.05) is 32.7 Å². The number of esters is 1. The van der Waals surface area contributed by atoms with Gasteiger partial charge in [-0.15, -0.1) is 0 Å². The number of benzene rings is 1. The van der Waals surface area contributed by atoms with Crippen LogP contribution in [0.4, 0.5) is 0 Å². The highest BCUT2D eigenvalue weighted by Crippen LogP contribution is 2.17. The number of ether oxygens (including phenoxy) is 1. The third kappa shape index (κ3) is 6.54. The van der Waals surface area contributed by atoms with Gasteiger partial charge in [0.1, 0.15) is 0 Å². The van der Waals surface area contributed by atoms with Gasteiger partial charge in [-0.3, -0.25) is 33.6 Å². The van der Waals surface area contributed by atoms with Crippen molar-refractivity contribution >= 4 is 53.0 Å². The van der Waals surface area contributed by atoms with E-state index < -0.39 is 53.9 Å². The average molecular weight is 453 g/mol. The summed E-state index contributed by atoms with van der Waals surface area (Å²) in [6, 6.07) is 4.63. The Morgan fingerprint density at radius 3 is 1.61 bits per heavy atom. The minimum absolute atomic E-state index is 0.0841. The van der Waals surface area contributed by atoms with Crippen LogP contribution in [0.1, 0.15) is 38.8 Å².